The van der Waals surface area contributed by atoms with Crippen molar-refractivity contribution in [3.63, 3.8) is 0 Å². The summed E-state index contributed by atoms with van der Waals surface area (Å²) in [5.74, 6) is -3.08. The van der Waals surface area contributed by atoms with Gasteiger partial charge in [0, 0.05) is 12.6 Å². The van der Waals surface area contributed by atoms with E-state index in [1.165, 1.54) is 34.2 Å². The van der Waals surface area contributed by atoms with Gasteiger partial charge < -0.3 is 10.4 Å². The second-order valence-corrected chi connectivity index (χ2v) is 11.1. The fraction of sp³-hybridized carbons (Fsp3) is 0.364. The Hall–Kier alpha value is -2.77. The molecule has 2 heterocycles. The number of benzene rings is 2. The Balaban J connectivity index is 0.000000364. The number of aromatic nitrogens is 1. The van der Waals surface area contributed by atoms with Crippen molar-refractivity contribution in [1.82, 2.24) is 9.29 Å². The van der Waals surface area contributed by atoms with Crippen LogP contribution in [0.5, 0.6) is 0 Å². The number of carboxylic acid groups (broad SMARTS) is 1. The van der Waals surface area contributed by atoms with Gasteiger partial charge in [0.05, 0.1) is 21.2 Å². The van der Waals surface area contributed by atoms with Crippen LogP contribution in [0.1, 0.15) is 37.3 Å². The fourth-order valence-corrected chi connectivity index (χ4v) is 6.40. The quantitative estimate of drug-likeness (QED) is 0.441. The lowest BCUT2D eigenvalue weighted by Gasteiger charge is -2.40. The first kappa shape index (κ1) is 25.3. The SMILES string of the molecule is O=C(O)C(F)(F)F.O=S(=O)(c1ccc2nc(NC3CCC3)sc2c1)N1CCC1c1ccc(F)cc1. The molecule has 0 bridgehead atoms. The number of aliphatic carboxylic acids is 1. The summed E-state index contributed by atoms with van der Waals surface area (Å²) in [6, 6.07) is 11.4. The van der Waals surface area contributed by atoms with Gasteiger partial charge in [-0.05, 0) is 61.6 Å². The molecule has 2 fully saturated rings. The molecule has 188 valence electrons. The van der Waals surface area contributed by atoms with Crippen molar-refractivity contribution in [3.8, 4) is 0 Å². The van der Waals surface area contributed by atoms with Gasteiger partial charge in [-0.2, -0.15) is 17.5 Å². The lowest BCUT2D eigenvalue weighted by molar-refractivity contribution is -0.192. The zero-order chi connectivity index (χ0) is 25.4. The van der Waals surface area contributed by atoms with E-state index in [9.17, 15) is 26.0 Å². The number of fused-ring (bicyclic) bond motifs is 1. The van der Waals surface area contributed by atoms with Crippen LogP contribution in [0.15, 0.2) is 47.4 Å². The van der Waals surface area contributed by atoms with E-state index in [0.29, 0.717) is 12.6 Å². The summed E-state index contributed by atoms with van der Waals surface area (Å²) in [4.78, 5) is 13.7. The highest BCUT2D eigenvalue weighted by atomic mass is 32.2. The number of anilines is 1. The molecule has 5 rings (SSSR count). The highest BCUT2D eigenvalue weighted by Crippen LogP contribution is 2.39. The average molecular weight is 532 g/mol. The molecule has 1 aliphatic heterocycles. The molecule has 3 aromatic rings. The van der Waals surface area contributed by atoms with Crippen molar-refractivity contribution in [2.24, 2.45) is 0 Å². The standard InChI is InChI=1S/C20H20FN3O2S2.C2HF3O2/c21-14-6-4-13(5-7-14)18-10-11-24(18)28(25,26)16-8-9-17-19(12-16)27-20(23-17)22-15-2-1-3-15;3-2(4,5)1(6)7/h4-9,12,15,18H,1-3,10-11H2,(H,22,23);(H,6,7). The van der Waals surface area contributed by atoms with Crippen molar-refractivity contribution in [3.05, 3.63) is 53.8 Å². The van der Waals surface area contributed by atoms with Crippen LogP contribution in [0.2, 0.25) is 0 Å². The number of carbonyl (C=O) groups is 1. The molecule has 1 unspecified atom stereocenters. The van der Waals surface area contributed by atoms with Gasteiger partial charge in [0.25, 0.3) is 0 Å². The Morgan fingerprint density at radius 3 is 2.29 bits per heavy atom. The predicted molar refractivity (Wildman–Crippen MR) is 122 cm³/mol. The zero-order valence-corrected chi connectivity index (χ0v) is 19.8. The van der Waals surface area contributed by atoms with Crippen molar-refractivity contribution >= 4 is 42.7 Å². The molecule has 2 aromatic carbocycles. The second kappa shape index (κ2) is 9.70. The van der Waals surface area contributed by atoms with Gasteiger partial charge in [-0.25, -0.2) is 22.6 Å². The molecular formula is C22H21F4N3O4S2. The van der Waals surface area contributed by atoms with E-state index in [2.05, 4.69) is 10.3 Å². The minimum atomic E-state index is -5.08. The molecule has 1 saturated heterocycles. The molecule has 2 N–H and O–H groups in total. The van der Waals surface area contributed by atoms with Crippen molar-refractivity contribution < 1.29 is 35.9 Å². The first-order valence-corrected chi connectivity index (χ1v) is 13.0. The number of sulfonamides is 1. The molecule has 1 aromatic heterocycles. The molecule has 1 aliphatic carbocycles. The van der Waals surface area contributed by atoms with Crippen LogP contribution in [0.4, 0.5) is 22.7 Å². The topological polar surface area (TPSA) is 99.6 Å². The Bertz CT molecular complexity index is 1320. The fourth-order valence-electron chi connectivity index (χ4n) is 3.66. The molecule has 1 atom stereocenters. The number of nitrogens with zero attached hydrogens (tertiary/aromatic N) is 2. The van der Waals surface area contributed by atoms with E-state index in [4.69, 9.17) is 9.90 Å². The number of nitrogens with one attached hydrogen (secondary N) is 1. The van der Waals surface area contributed by atoms with Gasteiger partial charge in [-0.1, -0.05) is 23.5 Å². The second-order valence-electron chi connectivity index (χ2n) is 8.20. The summed E-state index contributed by atoms with van der Waals surface area (Å²) < 4.78 is 73.6. The molecule has 2 aliphatic rings. The van der Waals surface area contributed by atoms with Crippen LogP contribution in [-0.2, 0) is 14.8 Å². The smallest absolute Gasteiger partial charge is 0.475 e. The maximum Gasteiger partial charge on any atom is 0.490 e. The van der Waals surface area contributed by atoms with Crippen LogP contribution >= 0.6 is 11.3 Å². The molecular weight excluding hydrogens is 510 g/mol. The molecule has 1 saturated carbocycles. The molecule has 35 heavy (non-hydrogen) atoms. The summed E-state index contributed by atoms with van der Waals surface area (Å²) >= 11 is 1.49. The summed E-state index contributed by atoms with van der Waals surface area (Å²) in [5, 5.41) is 11.4. The number of alkyl halides is 3. The minimum absolute atomic E-state index is 0.237. The first-order valence-electron chi connectivity index (χ1n) is 10.7. The first-order chi connectivity index (χ1) is 16.4. The number of thiazole rings is 1. The monoisotopic (exact) mass is 531 g/mol. The molecule has 0 spiro atoms. The van der Waals surface area contributed by atoms with Gasteiger partial charge >= 0.3 is 12.1 Å². The van der Waals surface area contributed by atoms with Crippen molar-refractivity contribution in [1.29, 1.82) is 0 Å². The Kier molecular flexibility index (Phi) is 7.02. The number of carboxylic acids is 1. The molecule has 13 heteroatoms. The van der Waals surface area contributed by atoms with Crippen LogP contribution in [-0.4, -0.2) is 47.5 Å². The summed E-state index contributed by atoms with van der Waals surface area (Å²) in [6.07, 6.45) is -0.774. The molecule has 0 radical (unpaired) electrons. The van der Waals surface area contributed by atoms with Crippen LogP contribution in [0.25, 0.3) is 10.2 Å². The third-order valence-electron chi connectivity index (χ3n) is 5.87. The van der Waals surface area contributed by atoms with E-state index in [1.54, 1.807) is 30.3 Å². The summed E-state index contributed by atoms with van der Waals surface area (Å²) in [7, 11) is -3.61. The van der Waals surface area contributed by atoms with Crippen LogP contribution in [0, 0.1) is 5.82 Å². The number of hydrogen-bond acceptors (Lipinski definition) is 6. The highest BCUT2D eigenvalue weighted by molar-refractivity contribution is 7.89. The average Bonchev–Trinajstić information content (AvgIpc) is 3.13. The van der Waals surface area contributed by atoms with Crippen molar-refractivity contribution in [2.45, 2.75) is 48.8 Å². The van der Waals surface area contributed by atoms with Crippen molar-refractivity contribution in [2.75, 3.05) is 11.9 Å². The van der Waals surface area contributed by atoms with Crippen LogP contribution in [0.3, 0.4) is 0 Å². The molecule has 0 amide bonds. The third kappa shape index (κ3) is 5.57. The van der Waals surface area contributed by atoms with Gasteiger partial charge in [0.15, 0.2) is 5.13 Å². The van der Waals surface area contributed by atoms with E-state index in [-0.39, 0.29) is 16.8 Å². The lowest BCUT2D eigenvalue weighted by Crippen LogP contribution is -2.44. The Morgan fingerprint density at radius 1 is 1.11 bits per heavy atom. The van der Waals surface area contributed by atoms with E-state index in [0.717, 1.165) is 40.2 Å². The predicted octanol–water partition coefficient (Wildman–Crippen LogP) is 5.17. The number of halogens is 4. The maximum atomic E-state index is 13.2. The number of rotatable bonds is 5. The molecule has 7 nitrogen and oxygen atoms in total. The third-order valence-corrected chi connectivity index (χ3v) is 8.72. The summed E-state index contributed by atoms with van der Waals surface area (Å²) in [6.45, 7) is 0.472. The Labute approximate surface area is 202 Å². The van der Waals surface area contributed by atoms with Gasteiger partial charge in [0.2, 0.25) is 10.0 Å². The van der Waals surface area contributed by atoms with E-state index < -0.39 is 22.2 Å². The van der Waals surface area contributed by atoms with Gasteiger partial charge in [-0.15, -0.1) is 0 Å². The number of hydrogen-bond donors (Lipinski definition) is 2. The highest BCUT2D eigenvalue weighted by Gasteiger charge is 2.40. The lowest BCUT2D eigenvalue weighted by atomic mass is 9.93. The summed E-state index contributed by atoms with van der Waals surface area (Å²) in [5.41, 5.74) is 1.63. The zero-order valence-electron chi connectivity index (χ0n) is 18.1. The van der Waals surface area contributed by atoms with Gasteiger partial charge in [0.1, 0.15) is 5.82 Å². The van der Waals surface area contributed by atoms with E-state index in [1.807, 2.05) is 0 Å². The maximum absolute atomic E-state index is 13.2. The Morgan fingerprint density at radius 2 is 1.77 bits per heavy atom. The van der Waals surface area contributed by atoms with E-state index >= 15 is 0 Å². The normalized spacial score (nSPS) is 18.8. The largest absolute Gasteiger partial charge is 0.490 e. The minimum Gasteiger partial charge on any atom is -0.475 e. The van der Waals surface area contributed by atoms with Gasteiger partial charge in [-0.3, -0.25) is 0 Å². The van der Waals surface area contributed by atoms with Crippen LogP contribution < -0.4 is 5.32 Å².